The van der Waals surface area contributed by atoms with Crippen LogP contribution in [0.25, 0.3) is 0 Å². The average molecular weight is 340 g/mol. The normalized spacial score (nSPS) is 22.8. The van der Waals surface area contributed by atoms with E-state index in [2.05, 4.69) is 10.5 Å². The Hall–Kier alpha value is -2.05. The molecule has 1 fully saturated rings. The molecule has 2 aliphatic rings. The van der Waals surface area contributed by atoms with Gasteiger partial charge in [-0.15, -0.1) is 0 Å². The fraction of sp³-hybridized carbons (Fsp3) is 0.529. The molecule has 130 valence electrons. The third-order valence-corrected chi connectivity index (χ3v) is 4.61. The smallest absolute Gasteiger partial charge is 0.387 e. The Bertz CT molecular complexity index is 610. The van der Waals surface area contributed by atoms with Crippen molar-refractivity contribution in [2.45, 2.75) is 50.4 Å². The zero-order valence-corrected chi connectivity index (χ0v) is 13.1. The second kappa shape index (κ2) is 6.83. The quantitative estimate of drug-likeness (QED) is 0.908. The van der Waals surface area contributed by atoms with Gasteiger partial charge in [-0.3, -0.25) is 4.79 Å². The summed E-state index contributed by atoms with van der Waals surface area (Å²) in [6, 6.07) is 7.36. The molecule has 0 saturated heterocycles. The van der Waals surface area contributed by atoms with Crippen LogP contribution in [0.2, 0.25) is 0 Å². The summed E-state index contributed by atoms with van der Waals surface area (Å²) < 4.78 is 39.8. The third kappa shape index (κ3) is 3.71. The van der Waals surface area contributed by atoms with Gasteiger partial charge in [-0.2, -0.15) is 13.2 Å². The highest BCUT2D eigenvalue weighted by atomic mass is 19.4. The minimum absolute atomic E-state index is 0.0103. The first-order chi connectivity index (χ1) is 11.4. The second-order valence-electron chi connectivity index (χ2n) is 6.28. The summed E-state index contributed by atoms with van der Waals surface area (Å²) in [6.07, 6.45) is -2.20. The van der Waals surface area contributed by atoms with Crippen LogP contribution in [0, 0.1) is 5.92 Å². The maximum Gasteiger partial charge on any atom is 0.408 e. The van der Waals surface area contributed by atoms with E-state index >= 15 is 0 Å². The first kappa shape index (κ1) is 16.8. The lowest BCUT2D eigenvalue weighted by Gasteiger charge is -2.26. The highest BCUT2D eigenvalue weighted by molar-refractivity contribution is 6.39. The standard InChI is InChI=1S/C17H19F3N2O2/c18-17(19,20)15(12-8-4-5-9-12)21-16(23)13-10-14(24-22-13)11-6-2-1-3-7-11/h1-3,6-7,12,14-15H,4-5,8-10H2,(H,21,23)/t14-,15+/m1/s1. The molecule has 1 N–H and O–H groups in total. The molecule has 1 amide bonds. The lowest BCUT2D eigenvalue weighted by molar-refractivity contribution is -0.170. The van der Waals surface area contributed by atoms with Crippen molar-refractivity contribution in [2.75, 3.05) is 0 Å². The summed E-state index contributed by atoms with van der Waals surface area (Å²) in [7, 11) is 0. The SMILES string of the molecule is O=C(N[C@@H](C1CCCC1)C(F)(F)F)C1=NO[C@@H](c2ccccc2)C1. The molecule has 0 bridgehead atoms. The molecule has 1 aromatic rings. The number of amides is 1. The van der Waals surface area contributed by atoms with Gasteiger partial charge in [0.15, 0.2) is 6.10 Å². The maximum atomic E-state index is 13.3. The molecule has 7 heteroatoms. The van der Waals surface area contributed by atoms with Crippen molar-refractivity contribution in [3.63, 3.8) is 0 Å². The minimum atomic E-state index is -4.45. The van der Waals surface area contributed by atoms with E-state index in [4.69, 9.17) is 4.84 Å². The lowest BCUT2D eigenvalue weighted by atomic mass is 9.97. The first-order valence-corrected chi connectivity index (χ1v) is 8.10. The number of carbonyl (C=O) groups is 1. The number of rotatable bonds is 4. The van der Waals surface area contributed by atoms with E-state index in [0.717, 1.165) is 18.4 Å². The molecule has 0 aromatic heterocycles. The molecule has 0 unspecified atom stereocenters. The predicted molar refractivity (Wildman–Crippen MR) is 82.3 cm³/mol. The Morgan fingerprint density at radius 2 is 1.88 bits per heavy atom. The van der Waals surface area contributed by atoms with E-state index < -0.39 is 30.1 Å². The van der Waals surface area contributed by atoms with E-state index in [0.29, 0.717) is 12.8 Å². The van der Waals surface area contributed by atoms with Crippen molar-refractivity contribution in [3.05, 3.63) is 35.9 Å². The zero-order valence-electron chi connectivity index (χ0n) is 13.1. The monoisotopic (exact) mass is 340 g/mol. The van der Waals surface area contributed by atoms with Gasteiger partial charge < -0.3 is 10.2 Å². The van der Waals surface area contributed by atoms with Gasteiger partial charge in [0.2, 0.25) is 0 Å². The van der Waals surface area contributed by atoms with Crippen LogP contribution in [0.4, 0.5) is 13.2 Å². The van der Waals surface area contributed by atoms with Crippen LogP contribution < -0.4 is 5.32 Å². The average Bonchev–Trinajstić information content (AvgIpc) is 3.23. The van der Waals surface area contributed by atoms with Crippen LogP contribution in [0.5, 0.6) is 0 Å². The topological polar surface area (TPSA) is 50.7 Å². The number of carbonyl (C=O) groups excluding carboxylic acids is 1. The molecule has 4 nitrogen and oxygen atoms in total. The van der Waals surface area contributed by atoms with Gasteiger partial charge in [-0.25, -0.2) is 0 Å². The van der Waals surface area contributed by atoms with Crippen molar-refractivity contribution >= 4 is 11.6 Å². The Labute approximate surface area is 138 Å². The Morgan fingerprint density at radius 1 is 1.21 bits per heavy atom. The summed E-state index contributed by atoms with van der Waals surface area (Å²) in [5.74, 6) is -1.34. The number of benzene rings is 1. The molecule has 1 aliphatic heterocycles. The van der Waals surface area contributed by atoms with Gasteiger partial charge in [0.05, 0.1) is 0 Å². The van der Waals surface area contributed by atoms with Crippen LogP contribution in [-0.4, -0.2) is 23.8 Å². The molecule has 1 heterocycles. The van der Waals surface area contributed by atoms with Crippen LogP contribution in [0.3, 0.4) is 0 Å². The van der Waals surface area contributed by atoms with Crippen molar-refractivity contribution < 1.29 is 22.8 Å². The summed E-state index contributed by atoms with van der Waals surface area (Å²) in [5.41, 5.74) is 0.850. The number of hydrogen-bond acceptors (Lipinski definition) is 3. The molecular formula is C17H19F3N2O2. The lowest BCUT2D eigenvalue weighted by Crippen LogP contribution is -2.51. The van der Waals surface area contributed by atoms with Gasteiger partial charge in [-0.05, 0) is 24.3 Å². The van der Waals surface area contributed by atoms with Gasteiger partial charge in [0.1, 0.15) is 11.8 Å². The number of hydrogen-bond donors (Lipinski definition) is 1. The van der Waals surface area contributed by atoms with E-state index in [1.165, 1.54) is 0 Å². The highest BCUT2D eigenvalue weighted by Crippen LogP contribution is 2.36. The largest absolute Gasteiger partial charge is 0.408 e. The molecular weight excluding hydrogens is 321 g/mol. The van der Waals surface area contributed by atoms with Crippen LogP contribution >= 0.6 is 0 Å². The van der Waals surface area contributed by atoms with Crippen molar-refractivity contribution in [1.29, 1.82) is 0 Å². The summed E-state index contributed by atoms with van der Waals surface area (Å²) in [4.78, 5) is 17.4. The molecule has 1 aliphatic carbocycles. The van der Waals surface area contributed by atoms with Crippen LogP contribution in [-0.2, 0) is 9.63 Å². The molecule has 24 heavy (non-hydrogen) atoms. The molecule has 3 rings (SSSR count). The second-order valence-corrected chi connectivity index (χ2v) is 6.28. The Balaban J connectivity index is 1.64. The summed E-state index contributed by atoms with van der Waals surface area (Å²) in [5, 5.41) is 5.83. The van der Waals surface area contributed by atoms with Crippen molar-refractivity contribution in [3.8, 4) is 0 Å². The van der Waals surface area contributed by atoms with Gasteiger partial charge in [0, 0.05) is 6.42 Å². The minimum Gasteiger partial charge on any atom is -0.387 e. The fourth-order valence-electron chi connectivity index (χ4n) is 3.34. The van der Waals surface area contributed by atoms with Crippen molar-refractivity contribution in [2.24, 2.45) is 11.1 Å². The van der Waals surface area contributed by atoms with E-state index in [1.807, 2.05) is 30.3 Å². The number of halogens is 3. The third-order valence-electron chi connectivity index (χ3n) is 4.61. The van der Waals surface area contributed by atoms with Crippen molar-refractivity contribution in [1.82, 2.24) is 5.32 Å². The number of nitrogens with zero attached hydrogens (tertiary/aromatic N) is 1. The number of alkyl halides is 3. The van der Waals surface area contributed by atoms with Gasteiger partial charge >= 0.3 is 6.18 Å². The summed E-state index contributed by atoms with van der Waals surface area (Å²) in [6.45, 7) is 0. The number of nitrogens with one attached hydrogen (secondary N) is 1. The van der Waals surface area contributed by atoms with E-state index in [1.54, 1.807) is 0 Å². The molecule has 2 atom stereocenters. The fourth-order valence-corrected chi connectivity index (χ4v) is 3.34. The molecule has 1 saturated carbocycles. The highest BCUT2D eigenvalue weighted by Gasteiger charge is 2.47. The zero-order chi connectivity index (χ0) is 17.2. The predicted octanol–water partition coefficient (Wildman–Crippen LogP) is 3.74. The van der Waals surface area contributed by atoms with E-state index in [-0.39, 0.29) is 12.1 Å². The molecule has 0 spiro atoms. The van der Waals surface area contributed by atoms with Crippen LogP contribution in [0.1, 0.15) is 43.8 Å². The van der Waals surface area contributed by atoms with Crippen LogP contribution in [0.15, 0.2) is 35.5 Å². The Morgan fingerprint density at radius 3 is 2.50 bits per heavy atom. The number of oxime groups is 1. The molecule has 0 radical (unpaired) electrons. The maximum absolute atomic E-state index is 13.3. The van der Waals surface area contributed by atoms with Gasteiger partial charge in [-0.1, -0.05) is 48.3 Å². The summed E-state index contributed by atoms with van der Waals surface area (Å²) >= 11 is 0. The Kier molecular flexibility index (Phi) is 4.78. The van der Waals surface area contributed by atoms with E-state index in [9.17, 15) is 18.0 Å². The van der Waals surface area contributed by atoms with Gasteiger partial charge in [0.25, 0.3) is 5.91 Å². The first-order valence-electron chi connectivity index (χ1n) is 8.10. The molecule has 1 aromatic carbocycles.